The molecule has 0 spiro atoms. The van der Waals surface area contributed by atoms with E-state index in [1.165, 1.54) is 5.56 Å². The van der Waals surface area contributed by atoms with Crippen LogP contribution in [0.15, 0.2) is 73.3 Å². The first-order valence-corrected chi connectivity index (χ1v) is 10.5. The lowest BCUT2D eigenvalue weighted by Crippen LogP contribution is -2.36. The highest BCUT2D eigenvalue weighted by atomic mass is 16.7. The summed E-state index contributed by atoms with van der Waals surface area (Å²) in [6.07, 6.45) is 4.80. The van der Waals surface area contributed by atoms with Gasteiger partial charge in [-0.15, -0.1) is 6.58 Å². The van der Waals surface area contributed by atoms with Crippen molar-refractivity contribution >= 4 is 0 Å². The van der Waals surface area contributed by atoms with Crippen molar-refractivity contribution in [2.75, 3.05) is 6.61 Å². The van der Waals surface area contributed by atoms with Crippen LogP contribution in [-0.4, -0.2) is 30.0 Å². The Morgan fingerprint density at radius 1 is 1.03 bits per heavy atom. The predicted molar refractivity (Wildman–Crippen MR) is 114 cm³/mol. The van der Waals surface area contributed by atoms with E-state index in [0.717, 1.165) is 24.8 Å². The molecule has 0 aromatic heterocycles. The average Bonchev–Trinajstić information content (AvgIpc) is 2.75. The molecule has 1 saturated heterocycles. The van der Waals surface area contributed by atoms with Crippen LogP contribution in [-0.2, 0) is 20.8 Å². The van der Waals surface area contributed by atoms with E-state index in [1.807, 2.05) is 48.5 Å². The maximum Gasteiger partial charge on any atom is 0.184 e. The van der Waals surface area contributed by atoms with Gasteiger partial charge in [-0.05, 0) is 24.8 Å². The van der Waals surface area contributed by atoms with Gasteiger partial charge in [0.2, 0.25) is 0 Å². The van der Waals surface area contributed by atoms with E-state index in [-0.39, 0.29) is 18.5 Å². The molecule has 4 atom stereocenters. The topological polar surface area (TPSA) is 47.9 Å². The van der Waals surface area contributed by atoms with Crippen LogP contribution in [0.3, 0.4) is 0 Å². The number of rotatable bonds is 11. The van der Waals surface area contributed by atoms with Crippen molar-refractivity contribution in [3.8, 4) is 0 Å². The number of aliphatic hydroxyl groups excluding tert-OH is 1. The first-order valence-electron chi connectivity index (χ1n) is 10.5. The Balaban J connectivity index is 1.49. The van der Waals surface area contributed by atoms with E-state index in [1.54, 1.807) is 6.08 Å². The molecule has 156 valence electrons. The molecule has 1 aliphatic heterocycles. The van der Waals surface area contributed by atoms with E-state index in [9.17, 15) is 5.11 Å². The minimum atomic E-state index is -0.429. The third kappa shape index (κ3) is 7.41. The summed E-state index contributed by atoms with van der Waals surface area (Å²) in [5.41, 5.74) is 2.20. The van der Waals surface area contributed by atoms with Gasteiger partial charge in [-0.1, -0.05) is 66.7 Å². The molecule has 2 aromatic rings. The second kappa shape index (κ2) is 11.9. The van der Waals surface area contributed by atoms with E-state index < -0.39 is 6.10 Å². The zero-order valence-corrected chi connectivity index (χ0v) is 17.0. The Morgan fingerprint density at radius 3 is 2.45 bits per heavy atom. The van der Waals surface area contributed by atoms with Gasteiger partial charge in [0.05, 0.1) is 24.9 Å². The van der Waals surface area contributed by atoms with E-state index in [2.05, 4.69) is 18.7 Å². The lowest BCUT2D eigenvalue weighted by atomic mass is 9.99. The normalized spacial score (nSPS) is 22.9. The summed E-state index contributed by atoms with van der Waals surface area (Å²) >= 11 is 0. The summed E-state index contributed by atoms with van der Waals surface area (Å²) in [6, 6.07) is 20.2. The largest absolute Gasteiger partial charge is 0.393 e. The van der Waals surface area contributed by atoms with Gasteiger partial charge in [0.1, 0.15) is 0 Å². The third-order valence-electron chi connectivity index (χ3n) is 5.13. The summed E-state index contributed by atoms with van der Waals surface area (Å²) in [5, 5.41) is 10.2. The summed E-state index contributed by atoms with van der Waals surface area (Å²) < 4.78 is 18.2. The van der Waals surface area contributed by atoms with Crippen LogP contribution in [0.2, 0.25) is 0 Å². The SMILES string of the molecule is C=CC[C@@H](O)C[C@@H]1C[C@H](CCCOCc2ccccc2)O[C@H](c2ccccc2)O1. The molecular formula is C25H32O4. The molecule has 0 radical (unpaired) electrons. The fourth-order valence-electron chi connectivity index (χ4n) is 3.66. The summed E-state index contributed by atoms with van der Waals surface area (Å²) in [6.45, 7) is 5.05. The molecule has 0 unspecified atom stereocenters. The van der Waals surface area contributed by atoms with E-state index >= 15 is 0 Å². The molecule has 1 fully saturated rings. The molecule has 2 aromatic carbocycles. The van der Waals surface area contributed by atoms with Gasteiger partial charge in [0.25, 0.3) is 0 Å². The van der Waals surface area contributed by atoms with Crippen LogP contribution in [0, 0.1) is 0 Å². The molecule has 3 rings (SSSR count). The Bertz CT molecular complexity index is 703. The van der Waals surface area contributed by atoms with Crippen LogP contribution in [0.5, 0.6) is 0 Å². The molecule has 0 bridgehead atoms. The maximum absolute atomic E-state index is 10.2. The van der Waals surface area contributed by atoms with Gasteiger partial charge in [0, 0.05) is 25.0 Å². The first kappa shape index (κ1) is 21.7. The first-order chi connectivity index (χ1) is 14.2. The molecular weight excluding hydrogens is 364 g/mol. The Kier molecular flexibility index (Phi) is 8.90. The Hall–Kier alpha value is -1.98. The fraction of sp³-hybridized carbons (Fsp3) is 0.440. The van der Waals surface area contributed by atoms with Crippen LogP contribution >= 0.6 is 0 Å². The number of benzene rings is 2. The summed E-state index contributed by atoms with van der Waals surface area (Å²) in [4.78, 5) is 0. The second-order valence-corrected chi connectivity index (χ2v) is 7.59. The molecule has 1 heterocycles. The summed E-state index contributed by atoms with van der Waals surface area (Å²) in [5.74, 6) is 0. The lowest BCUT2D eigenvalue weighted by Gasteiger charge is -2.37. The van der Waals surface area contributed by atoms with Crippen LogP contribution in [0.25, 0.3) is 0 Å². The minimum Gasteiger partial charge on any atom is -0.393 e. The van der Waals surface area contributed by atoms with Crippen molar-refractivity contribution in [1.29, 1.82) is 0 Å². The van der Waals surface area contributed by atoms with Crippen molar-refractivity contribution in [3.05, 3.63) is 84.4 Å². The van der Waals surface area contributed by atoms with Gasteiger partial charge in [-0.3, -0.25) is 0 Å². The average molecular weight is 397 g/mol. The van der Waals surface area contributed by atoms with Crippen LogP contribution < -0.4 is 0 Å². The number of ether oxygens (including phenoxy) is 3. The van der Waals surface area contributed by atoms with Crippen molar-refractivity contribution in [3.63, 3.8) is 0 Å². The van der Waals surface area contributed by atoms with Crippen molar-refractivity contribution in [1.82, 2.24) is 0 Å². The van der Waals surface area contributed by atoms with E-state index in [4.69, 9.17) is 14.2 Å². The van der Waals surface area contributed by atoms with Gasteiger partial charge >= 0.3 is 0 Å². The van der Waals surface area contributed by atoms with Crippen molar-refractivity contribution < 1.29 is 19.3 Å². The number of hydrogen-bond donors (Lipinski definition) is 1. The lowest BCUT2D eigenvalue weighted by molar-refractivity contribution is -0.253. The standard InChI is InChI=1S/C25H32O4/c1-2-10-22(26)17-24-18-23(28-25(29-24)21-13-7-4-8-14-21)15-9-16-27-19-20-11-5-3-6-12-20/h2-8,11-14,22-26H,1,9-10,15-19H2/t22-,23+,24-,25+/m1/s1. The highest BCUT2D eigenvalue weighted by Crippen LogP contribution is 2.33. The van der Waals surface area contributed by atoms with Gasteiger partial charge in [-0.2, -0.15) is 0 Å². The quantitative estimate of drug-likeness (QED) is 0.420. The molecule has 29 heavy (non-hydrogen) atoms. The predicted octanol–water partition coefficient (Wildman–Crippen LogP) is 5.18. The van der Waals surface area contributed by atoms with Gasteiger partial charge in [0.15, 0.2) is 6.29 Å². The Morgan fingerprint density at radius 2 is 1.72 bits per heavy atom. The highest BCUT2D eigenvalue weighted by Gasteiger charge is 2.31. The number of hydrogen-bond acceptors (Lipinski definition) is 4. The highest BCUT2D eigenvalue weighted by molar-refractivity contribution is 5.16. The van der Waals surface area contributed by atoms with Crippen molar-refractivity contribution in [2.45, 2.75) is 63.3 Å². The molecule has 1 N–H and O–H groups in total. The molecule has 4 heteroatoms. The fourth-order valence-corrected chi connectivity index (χ4v) is 3.66. The minimum absolute atomic E-state index is 0.0286. The smallest absolute Gasteiger partial charge is 0.184 e. The molecule has 0 aliphatic carbocycles. The zero-order valence-electron chi connectivity index (χ0n) is 17.0. The Labute approximate surface area is 174 Å². The van der Waals surface area contributed by atoms with E-state index in [0.29, 0.717) is 26.1 Å². The molecule has 4 nitrogen and oxygen atoms in total. The van der Waals surface area contributed by atoms with Gasteiger partial charge in [-0.25, -0.2) is 0 Å². The molecule has 1 aliphatic rings. The van der Waals surface area contributed by atoms with Crippen LogP contribution in [0.1, 0.15) is 49.5 Å². The van der Waals surface area contributed by atoms with Crippen LogP contribution in [0.4, 0.5) is 0 Å². The van der Waals surface area contributed by atoms with Crippen molar-refractivity contribution in [2.24, 2.45) is 0 Å². The zero-order chi connectivity index (χ0) is 20.3. The second-order valence-electron chi connectivity index (χ2n) is 7.59. The summed E-state index contributed by atoms with van der Waals surface area (Å²) in [7, 11) is 0. The van der Waals surface area contributed by atoms with Gasteiger partial charge < -0.3 is 19.3 Å². The molecule has 0 amide bonds. The number of aliphatic hydroxyl groups is 1. The molecule has 0 saturated carbocycles. The maximum atomic E-state index is 10.2. The third-order valence-corrected chi connectivity index (χ3v) is 5.13. The monoisotopic (exact) mass is 396 g/mol.